The predicted molar refractivity (Wildman–Crippen MR) is 112 cm³/mol. The number of fused-ring (bicyclic) bond motifs is 1. The molecule has 0 bridgehead atoms. The van der Waals surface area contributed by atoms with E-state index in [-0.39, 0.29) is 6.04 Å². The smallest absolute Gasteiger partial charge is 0.228 e. The second-order valence-electron chi connectivity index (χ2n) is 7.39. The molecule has 4 aromatic rings. The third kappa shape index (κ3) is 3.50. The van der Waals surface area contributed by atoms with Crippen LogP contribution in [0.15, 0.2) is 48.8 Å². The van der Waals surface area contributed by atoms with Crippen molar-refractivity contribution in [3.8, 4) is 23.1 Å². The highest BCUT2D eigenvalue weighted by atomic mass is 15.6. The van der Waals surface area contributed by atoms with Crippen LogP contribution in [0.3, 0.4) is 0 Å². The van der Waals surface area contributed by atoms with Crippen LogP contribution in [0, 0.1) is 11.3 Å². The summed E-state index contributed by atoms with van der Waals surface area (Å²) in [7, 11) is 0. The molecule has 1 atom stereocenters. The van der Waals surface area contributed by atoms with E-state index < -0.39 is 0 Å². The van der Waals surface area contributed by atoms with Gasteiger partial charge in [-0.15, -0.1) is 25.2 Å². The van der Waals surface area contributed by atoms with Gasteiger partial charge in [0.05, 0.1) is 23.4 Å². The van der Waals surface area contributed by atoms with E-state index in [0.29, 0.717) is 17.1 Å². The summed E-state index contributed by atoms with van der Waals surface area (Å²) in [5.74, 6) is 2.23. The Labute approximate surface area is 178 Å². The first kappa shape index (κ1) is 18.9. The van der Waals surface area contributed by atoms with Crippen molar-refractivity contribution >= 4 is 5.95 Å². The molecule has 0 saturated heterocycles. The summed E-state index contributed by atoms with van der Waals surface area (Å²) in [5, 5.41) is 31.2. The molecule has 0 amide bonds. The molecule has 5 rings (SSSR count). The molecule has 0 saturated carbocycles. The van der Waals surface area contributed by atoms with E-state index in [1.54, 1.807) is 30.6 Å². The van der Waals surface area contributed by atoms with Crippen LogP contribution in [0.1, 0.15) is 37.2 Å². The van der Waals surface area contributed by atoms with Crippen LogP contribution in [0.4, 0.5) is 5.95 Å². The van der Waals surface area contributed by atoms with Crippen LogP contribution < -0.4 is 4.90 Å². The maximum atomic E-state index is 9.14. The van der Waals surface area contributed by atoms with Crippen molar-refractivity contribution in [2.45, 2.75) is 32.4 Å². The lowest BCUT2D eigenvalue weighted by atomic mass is 10.2. The number of rotatable bonds is 4. The average Bonchev–Trinajstić information content (AvgIpc) is 3.43. The number of anilines is 1. The molecule has 10 nitrogen and oxygen atoms in total. The lowest BCUT2D eigenvalue weighted by Gasteiger charge is -2.26. The number of pyridine rings is 1. The Balaban J connectivity index is 1.47. The molecule has 4 heterocycles. The molecule has 0 N–H and O–H groups in total. The predicted octanol–water partition coefficient (Wildman–Crippen LogP) is 2.55. The largest absolute Gasteiger partial charge is 0.331 e. The van der Waals surface area contributed by atoms with Gasteiger partial charge in [0.15, 0.2) is 11.6 Å². The quantitative estimate of drug-likeness (QED) is 0.502. The van der Waals surface area contributed by atoms with E-state index >= 15 is 0 Å². The van der Waals surface area contributed by atoms with Gasteiger partial charge in [-0.2, -0.15) is 5.26 Å². The fourth-order valence-corrected chi connectivity index (χ4v) is 3.79. The molecule has 0 radical (unpaired) electrons. The minimum atomic E-state index is -0.140. The maximum absolute atomic E-state index is 9.14. The van der Waals surface area contributed by atoms with Crippen LogP contribution >= 0.6 is 0 Å². The van der Waals surface area contributed by atoms with Gasteiger partial charge in [0, 0.05) is 31.0 Å². The van der Waals surface area contributed by atoms with Crippen molar-refractivity contribution in [1.29, 1.82) is 5.26 Å². The van der Waals surface area contributed by atoms with Gasteiger partial charge in [-0.05, 0) is 55.3 Å². The molecule has 1 aromatic carbocycles. The first-order valence-corrected chi connectivity index (χ1v) is 10.2. The van der Waals surface area contributed by atoms with Gasteiger partial charge in [-0.25, -0.2) is 0 Å². The third-order valence-electron chi connectivity index (χ3n) is 5.43. The van der Waals surface area contributed by atoms with Gasteiger partial charge in [-0.1, -0.05) is 6.07 Å². The Hall–Kier alpha value is -4.13. The zero-order valence-electron chi connectivity index (χ0n) is 17.0. The van der Waals surface area contributed by atoms with Crippen LogP contribution in [-0.2, 0) is 6.54 Å². The van der Waals surface area contributed by atoms with Gasteiger partial charge in [0.25, 0.3) is 0 Å². The Morgan fingerprint density at radius 2 is 1.87 bits per heavy atom. The SMILES string of the molecule is C[C@H](c1nnn(-c2cccc(C#N)c2)n1)N1CCCCn2c(-c3ccncc3)nnc21. The number of nitriles is 1. The molecule has 0 aliphatic carbocycles. The minimum Gasteiger partial charge on any atom is -0.331 e. The maximum Gasteiger partial charge on any atom is 0.228 e. The second kappa shape index (κ2) is 7.95. The second-order valence-corrected chi connectivity index (χ2v) is 7.39. The standard InChI is InChI=1S/C21H20N10/c1-15(19-24-28-31(27-19)18-6-4-5-16(13-18)14-22)29-11-2-3-12-30-20(25-26-21(29)30)17-7-9-23-10-8-17/h4-10,13,15H,2-3,11-12H2,1H3/t15-/m1/s1. The van der Waals surface area contributed by atoms with Crippen LogP contribution in [0.5, 0.6) is 0 Å². The van der Waals surface area contributed by atoms with Crippen molar-refractivity contribution in [1.82, 2.24) is 40.0 Å². The van der Waals surface area contributed by atoms with E-state index in [1.807, 2.05) is 25.1 Å². The highest BCUT2D eigenvalue weighted by Crippen LogP contribution is 2.30. The van der Waals surface area contributed by atoms with E-state index in [1.165, 1.54) is 4.80 Å². The molecule has 0 fully saturated rings. The van der Waals surface area contributed by atoms with Crippen LogP contribution in [0.2, 0.25) is 0 Å². The topological polar surface area (TPSA) is 114 Å². The van der Waals surface area contributed by atoms with Crippen molar-refractivity contribution in [2.24, 2.45) is 0 Å². The van der Waals surface area contributed by atoms with E-state index in [9.17, 15) is 0 Å². The molecule has 0 spiro atoms. The summed E-state index contributed by atoms with van der Waals surface area (Å²) < 4.78 is 2.15. The van der Waals surface area contributed by atoms with Gasteiger partial charge in [0.1, 0.15) is 0 Å². The summed E-state index contributed by atoms with van der Waals surface area (Å²) in [4.78, 5) is 7.73. The highest BCUT2D eigenvalue weighted by Gasteiger charge is 2.28. The van der Waals surface area contributed by atoms with Crippen molar-refractivity contribution in [2.75, 3.05) is 11.4 Å². The molecule has 0 unspecified atom stereocenters. The molecular formula is C21H20N10. The van der Waals surface area contributed by atoms with Crippen molar-refractivity contribution < 1.29 is 0 Å². The lowest BCUT2D eigenvalue weighted by molar-refractivity contribution is 0.605. The van der Waals surface area contributed by atoms with Crippen LogP contribution in [0.25, 0.3) is 17.1 Å². The number of hydrogen-bond acceptors (Lipinski definition) is 8. The normalized spacial score (nSPS) is 14.5. The molecule has 154 valence electrons. The van der Waals surface area contributed by atoms with Gasteiger partial charge >= 0.3 is 0 Å². The zero-order valence-corrected chi connectivity index (χ0v) is 17.0. The monoisotopic (exact) mass is 412 g/mol. The molecule has 31 heavy (non-hydrogen) atoms. The minimum absolute atomic E-state index is 0.140. The van der Waals surface area contributed by atoms with Gasteiger partial charge < -0.3 is 4.90 Å². The fourth-order valence-electron chi connectivity index (χ4n) is 3.79. The molecule has 1 aliphatic rings. The summed E-state index contributed by atoms with van der Waals surface area (Å²) in [6.07, 6.45) is 5.59. The summed E-state index contributed by atoms with van der Waals surface area (Å²) >= 11 is 0. The molecule has 10 heteroatoms. The summed E-state index contributed by atoms with van der Waals surface area (Å²) in [6, 6.07) is 13.0. The number of benzene rings is 1. The highest BCUT2D eigenvalue weighted by molar-refractivity contribution is 5.57. The fraction of sp³-hybridized carbons (Fsp3) is 0.286. The number of tetrazole rings is 1. The Morgan fingerprint density at radius 1 is 1.03 bits per heavy atom. The molecule has 1 aliphatic heterocycles. The van der Waals surface area contributed by atoms with E-state index in [2.05, 4.69) is 46.1 Å². The van der Waals surface area contributed by atoms with Crippen LogP contribution in [-0.4, -0.2) is 46.5 Å². The number of aromatic nitrogens is 8. The van der Waals surface area contributed by atoms with Crippen molar-refractivity contribution in [3.63, 3.8) is 0 Å². The first-order chi connectivity index (χ1) is 15.2. The Bertz CT molecular complexity index is 1240. The Kier molecular flexibility index (Phi) is 4.84. The van der Waals surface area contributed by atoms with Gasteiger partial charge in [-0.3, -0.25) is 9.55 Å². The number of hydrogen-bond donors (Lipinski definition) is 0. The molecule has 3 aromatic heterocycles. The summed E-state index contributed by atoms with van der Waals surface area (Å²) in [6.45, 7) is 3.72. The van der Waals surface area contributed by atoms with Gasteiger partial charge in [0.2, 0.25) is 5.95 Å². The molecular weight excluding hydrogens is 392 g/mol. The lowest BCUT2D eigenvalue weighted by Crippen LogP contribution is -2.30. The Morgan fingerprint density at radius 3 is 2.71 bits per heavy atom. The zero-order chi connectivity index (χ0) is 21.2. The van der Waals surface area contributed by atoms with E-state index in [0.717, 1.165) is 43.3 Å². The third-order valence-corrected chi connectivity index (χ3v) is 5.43. The van der Waals surface area contributed by atoms with E-state index in [4.69, 9.17) is 5.26 Å². The van der Waals surface area contributed by atoms with Crippen molar-refractivity contribution in [3.05, 3.63) is 60.2 Å². The summed E-state index contributed by atoms with van der Waals surface area (Å²) in [5.41, 5.74) is 2.24. The first-order valence-electron chi connectivity index (χ1n) is 10.2. The average molecular weight is 412 g/mol. The number of nitrogens with zero attached hydrogens (tertiary/aromatic N) is 10.